The predicted molar refractivity (Wildman–Crippen MR) is 87.6 cm³/mol. The van der Waals surface area contributed by atoms with Crippen LogP contribution in [0.25, 0.3) is 0 Å². The summed E-state index contributed by atoms with van der Waals surface area (Å²) < 4.78 is 11.0. The molecule has 24 heavy (non-hydrogen) atoms. The first kappa shape index (κ1) is 17.7. The van der Waals surface area contributed by atoms with Crippen LogP contribution in [-0.2, 0) is 16.5 Å². The lowest BCUT2D eigenvalue weighted by atomic mass is 10.1. The van der Waals surface area contributed by atoms with Gasteiger partial charge in [0.2, 0.25) is 0 Å². The molecule has 0 aliphatic carbocycles. The molecule has 0 bridgehead atoms. The van der Waals surface area contributed by atoms with E-state index in [1.54, 1.807) is 25.6 Å². The molecular formula is C15H17N3O5S. The van der Waals surface area contributed by atoms with E-state index in [9.17, 15) is 14.4 Å². The number of carbonyl (C=O) groups excluding carboxylic acids is 3. The van der Waals surface area contributed by atoms with Gasteiger partial charge in [0.05, 0.1) is 31.5 Å². The minimum Gasteiger partial charge on any atom is -0.465 e. The molecule has 2 aromatic heterocycles. The Balaban J connectivity index is 2.45. The molecule has 2 heterocycles. The summed E-state index contributed by atoms with van der Waals surface area (Å²) in [5.41, 5.74) is 1.59. The van der Waals surface area contributed by atoms with Crippen LogP contribution in [0.3, 0.4) is 0 Å². The first-order chi connectivity index (χ1) is 11.3. The number of methoxy groups -OCH3 is 2. The maximum Gasteiger partial charge on any atom is 0.348 e. The van der Waals surface area contributed by atoms with E-state index in [0.717, 1.165) is 11.3 Å². The third kappa shape index (κ3) is 3.02. The van der Waals surface area contributed by atoms with Crippen LogP contribution in [-0.4, -0.2) is 41.8 Å². The number of esters is 2. The van der Waals surface area contributed by atoms with Gasteiger partial charge in [-0.05, 0) is 19.4 Å². The Kier molecular flexibility index (Phi) is 5.03. The highest BCUT2D eigenvalue weighted by Crippen LogP contribution is 2.34. The van der Waals surface area contributed by atoms with Crippen molar-refractivity contribution in [1.82, 2.24) is 9.78 Å². The summed E-state index contributed by atoms with van der Waals surface area (Å²) in [4.78, 5) is 36.5. The van der Waals surface area contributed by atoms with E-state index in [2.05, 4.69) is 10.4 Å². The van der Waals surface area contributed by atoms with Gasteiger partial charge in [0.25, 0.3) is 5.91 Å². The monoisotopic (exact) mass is 351 g/mol. The first-order valence-corrected chi connectivity index (χ1v) is 7.73. The van der Waals surface area contributed by atoms with E-state index in [0.29, 0.717) is 16.8 Å². The van der Waals surface area contributed by atoms with Gasteiger partial charge in [-0.15, -0.1) is 11.3 Å². The number of anilines is 1. The normalized spacial score (nSPS) is 10.4. The van der Waals surface area contributed by atoms with Crippen LogP contribution in [0.15, 0.2) is 6.20 Å². The minimum atomic E-state index is -0.642. The molecule has 0 saturated heterocycles. The van der Waals surface area contributed by atoms with Gasteiger partial charge in [-0.2, -0.15) is 5.10 Å². The van der Waals surface area contributed by atoms with Crippen molar-refractivity contribution in [3.63, 3.8) is 0 Å². The van der Waals surface area contributed by atoms with Crippen LogP contribution < -0.4 is 5.32 Å². The van der Waals surface area contributed by atoms with Crippen LogP contribution in [0.4, 0.5) is 5.00 Å². The minimum absolute atomic E-state index is 0.137. The summed E-state index contributed by atoms with van der Waals surface area (Å²) in [7, 11) is 4.20. The van der Waals surface area contributed by atoms with Gasteiger partial charge in [0.15, 0.2) is 0 Å². The van der Waals surface area contributed by atoms with Crippen molar-refractivity contribution in [1.29, 1.82) is 0 Å². The van der Waals surface area contributed by atoms with Gasteiger partial charge >= 0.3 is 11.9 Å². The number of rotatable bonds is 4. The van der Waals surface area contributed by atoms with Crippen LogP contribution >= 0.6 is 11.3 Å². The number of hydrogen-bond acceptors (Lipinski definition) is 7. The summed E-state index contributed by atoms with van der Waals surface area (Å²) in [6.45, 7) is 3.35. The van der Waals surface area contributed by atoms with E-state index in [1.165, 1.54) is 20.4 Å². The molecule has 9 heteroatoms. The van der Waals surface area contributed by atoms with E-state index < -0.39 is 17.8 Å². The summed E-state index contributed by atoms with van der Waals surface area (Å²) in [5.74, 6) is -1.65. The smallest absolute Gasteiger partial charge is 0.348 e. The number of aromatic nitrogens is 2. The summed E-state index contributed by atoms with van der Waals surface area (Å²) in [5, 5.41) is 6.89. The molecule has 1 N–H and O–H groups in total. The zero-order valence-electron chi connectivity index (χ0n) is 13.9. The fourth-order valence-electron chi connectivity index (χ4n) is 2.13. The molecule has 0 fully saturated rings. The second-order valence-corrected chi connectivity index (χ2v) is 5.99. The molecule has 0 saturated carbocycles. The third-order valence-corrected chi connectivity index (χ3v) is 4.80. The number of hydrogen-bond donors (Lipinski definition) is 1. The largest absolute Gasteiger partial charge is 0.465 e. The second kappa shape index (κ2) is 6.83. The lowest BCUT2D eigenvalue weighted by Crippen LogP contribution is -2.15. The SMILES string of the molecule is COC(=O)c1sc(NC(=O)c2cnn(C)c2C)c(C(=O)OC)c1C. The van der Waals surface area contributed by atoms with E-state index in [-0.39, 0.29) is 15.4 Å². The number of ether oxygens (including phenoxy) is 2. The van der Waals surface area contributed by atoms with Crippen LogP contribution in [0.5, 0.6) is 0 Å². The molecule has 0 unspecified atom stereocenters. The zero-order valence-corrected chi connectivity index (χ0v) is 14.7. The molecular weight excluding hydrogens is 334 g/mol. The van der Waals surface area contributed by atoms with E-state index in [1.807, 2.05) is 0 Å². The molecule has 2 rings (SSSR count). The van der Waals surface area contributed by atoms with Crippen molar-refractivity contribution in [3.8, 4) is 0 Å². The average molecular weight is 351 g/mol. The quantitative estimate of drug-likeness (QED) is 0.845. The van der Waals surface area contributed by atoms with E-state index in [4.69, 9.17) is 9.47 Å². The highest BCUT2D eigenvalue weighted by Gasteiger charge is 2.27. The first-order valence-electron chi connectivity index (χ1n) is 6.91. The van der Waals surface area contributed by atoms with Crippen molar-refractivity contribution in [2.75, 3.05) is 19.5 Å². The fourth-order valence-corrected chi connectivity index (χ4v) is 3.24. The number of carbonyl (C=O) groups is 3. The van der Waals surface area contributed by atoms with E-state index >= 15 is 0 Å². The summed E-state index contributed by atoms with van der Waals surface area (Å²) in [6, 6.07) is 0. The van der Waals surface area contributed by atoms with Gasteiger partial charge in [0, 0.05) is 12.7 Å². The third-order valence-electron chi connectivity index (χ3n) is 3.61. The highest BCUT2D eigenvalue weighted by molar-refractivity contribution is 7.18. The fraction of sp³-hybridized carbons (Fsp3) is 0.333. The zero-order chi connectivity index (χ0) is 18.0. The molecule has 2 aromatic rings. The Hall–Kier alpha value is -2.68. The van der Waals surface area contributed by atoms with Gasteiger partial charge in [-0.3, -0.25) is 9.48 Å². The predicted octanol–water partition coefficient (Wildman–Crippen LogP) is 1.92. The molecule has 0 aliphatic rings. The van der Waals surface area contributed by atoms with Crippen LogP contribution in [0.2, 0.25) is 0 Å². The number of thiophene rings is 1. The number of amides is 1. The van der Waals surface area contributed by atoms with Crippen molar-refractivity contribution in [3.05, 3.63) is 33.5 Å². The molecule has 0 aromatic carbocycles. The summed E-state index contributed by atoms with van der Waals surface area (Å²) in [6.07, 6.45) is 1.43. The maximum atomic E-state index is 12.4. The molecule has 0 spiro atoms. The Labute approximate surface area is 142 Å². The Morgan fingerprint density at radius 1 is 1.17 bits per heavy atom. The second-order valence-electron chi connectivity index (χ2n) is 4.96. The van der Waals surface area contributed by atoms with Crippen LogP contribution in [0, 0.1) is 13.8 Å². The molecule has 8 nitrogen and oxygen atoms in total. The Morgan fingerprint density at radius 3 is 2.29 bits per heavy atom. The van der Waals surface area contributed by atoms with Crippen molar-refractivity contribution >= 4 is 34.2 Å². The van der Waals surface area contributed by atoms with Crippen molar-refractivity contribution < 1.29 is 23.9 Å². The van der Waals surface area contributed by atoms with Gasteiger partial charge in [-0.1, -0.05) is 0 Å². The number of nitrogens with zero attached hydrogens (tertiary/aromatic N) is 2. The topological polar surface area (TPSA) is 99.5 Å². The Bertz CT molecular complexity index is 821. The van der Waals surface area contributed by atoms with Gasteiger partial charge in [-0.25, -0.2) is 9.59 Å². The Morgan fingerprint density at radius 2 is 1.79 bits per heavy atom. The molecule has 0 radical (unpaired) electrons. The highest BCUT2D eigenvalue weighted by atomic mass is 32.1. The molecule has 128 valence electrons. The standard InChI is InChI=1S/C15H17N3O5S/c1-7-10(14(20)22-4)13(24-11(7)15(21)23-5)17-12(19)9-6-16-18(3)8(9)2/h6H,1-5H3,(H,17,19). The average Bonchev–Trinajstić information content (AvgIpc) is 3.06. The van der Waals surface area contributed by atoms with Crippen molar-refractivity contribution in [2.45, 2.75) is 13.8 Å². The summed E-state index contributed by atoms with van der Waals surface area (Å²) >= 11 is 0.964. The molecule has 0 atom stereocenters. The molecule has 1 amide bonds. The van der Waals surface area contributed by atoms with Gasteiger partial charge in [0.1, 0.15) is 9.88 Å². The number of nitrogens with one attached hydrogen (secondary N) is 1. The van der Waals surface area contributed by atoms with Crippen molar-refractivity contribution in [2.24, 2.45) is 7.05 Å². The lowest BCUT2D eigenvalue weighted by molar-refractivity contribution is 0.0601. The molecule has 0 aliphatic heterocycles. The lowest BCUT2D eigenvalue weighted by Gasteiger charge is -2.05. The number of aryl methyl sites for hydroxylation is 1. The van der Waals surface area contributed by atoms with Gasteiger partial charge < -0.3 is 14.8 Å². The maximum absolute atomic E-state index is 12.4. The van der Waals surface area contributed by atoms with Crippen LogP contribution in [0.1, 0.15) is 41.6 Å².